The van der Waals surface area contributed by atoms with Gasteiger partial charge in [0.2, 0.25) is 0 Å². The Morgan fingerprint density at radius 1 is 1.14 bits per heavy atom. The van der Waals surface area contributed by atoms with E-state index >= 15 is 0 Å². The summed E-state index contributed by atoms with van der Waals surface area (Å²) in [6, 6.07) is 12.7. The molecule has 21 heavy (non-hydrogen) atoms. The Hall–Kier alpha value is -1.65. The summed E-state index contributed by atoms with van der Waals surface area (Å²) in [5, 5.41) is 8.16. The number of likely N-dealkylation sites (N-methyl/N-ethyl adjacent to an activating group) is 1. The van der Waals surface area contributed by atoms with E-state index < -0.39 is 0 Å². The average molecular weight is 286 g/mol. The third kappa shape index (κ3) is 4.69. The summed E-state index contributed by atoms with van der Waals surface area (Å²) in [6.07, 6.45) is 2.02. The van der Waals surface area contributed by atoms with Gasteiger partial charge in [-0.2, -0.15) is 5.10 Å². The molecule has 0 bridgehead atoms. The minimum atomic E-state index is 0.465. The van der Waals surface area contributed by atoms with Gasteiger partial charge in [0, 0.05) is 25.3 Å². The van der Waals surface area contributed by atoms with Gasteiger partial charge in [-0.1, -0.05) is 32.0 Å². The molecule has 0 aliphatic rings. The molecule has 1 N–H and O–H groups in total. The highest BCUT2D eigenvalue weighted by atomic mass is 15.3. The molecule has 1 heterocycles. The third-order valence-corrected chi connectivity index (χ3v) is 3.72. The van der Waals surface area contributed by atoms with Gasteiger partial charge in [0.25, 0.3) is 0 Å². The van der Waals surface area contributed by atoms with Crippen LogP contribution in [0, 0.1) is 0 Å². The zero-order valence-electron chi connectivity index (χ0n) is 13.3. The maximum Gasteiger partial charge on any atom is 0.0766 e. The number of benzene rings is 1. The molecule has 0 amide bonds. The van der Waals surface area contributed by atoms with E-state index in [1.807, 2.05) is 29.1 Å². The Morgan fingerprint density at radius 2 is 1.86 bits per heavy atom. The quantitative estimate of drug-likeness (QED) is 0.810. The van der Waals surface area contributed by atoms with Gasteiger partial charge < -0.3 is 10.2 Å². The van der Waals surface area contributed by atoms with Gasteiger partial charge in [0.15, 0.2) is 0 Å². The molecule has 4 heteroatoms. The SMILES string of the molecule is CCN(CC)CC(C)NCc1ccn(-c2ccccc2)n1. The average Bonchev–Trinajstić information content (AvgIpc) is 3.00. The topological polar surface area (TPSA) is 33.1 Å². The van der Waals surface area contributed by atoms with Crippen LogP contribution in [0.1, 0.15) is 26.5 Å². The van der Waals surface area contributed by atoms with E-state index in [1.165, 1.54) is 0 Å². The molecule has 1 aromatic carbocycles. The van der Waals surface area contributed by atoms with Crippen LogP contribution >= 0.6 is 0 Å². The monoisotopic (exact) mass is 286 g/mol. The summed E-state index contributed by atoms with van der Waals surface area (Å²) in [4.78, 5) is 2.43. The summed E-state index contributed by atoms with van der Waals surface area (Å²) in [5.41, 5.74) is 2.17. The van der Waals surface area contributed by atoms with E-state index in [-0.39, 0.29) is 0 Å². The van der Waals surface area contributed by atoms with Gasteiger partial charge in [-0.3, -0.25) is 0 Å². The standard InChI is InChI=1S/C17H26N4/c1-4-20(5-2)14-15(3)18-13-16-11-12-21(19-16)17-9-7-6-8-10-17/h6-12,15,18H,4-5,13-14H2,1-3H3. The van der Waals surface area contributed by atoms with E-state index in [2.05, 4.69) is 54.3 Å². The van der Waals surface area contributed by atoms with E-state index in [0.717, 1.165) is 37.6 Å². The van der Waals surface area contributed by atoms with Crippen LogP contribution in [-0.4, -0.2) is 40.4 Å². The Morgan fingerprint density at radius 3 is 2.52 bits per heavy atom. The number of rotatable bonds is 8. The smallest absolute Gasteiger partial charge is 0.0766 e. The van der Waals surface area contributed by atoms with Gasteiger partial charge in [0.1, 0.15) is 0 Å². The zero-order valence-corrected chi connectivity index (χ0v) is 13.3. The molecular weight excluding hydrogens is 260 g/mol. The van der Waals surface area contributed by atoms with Gasteiger partial charge in [-0.25, -0.2) is 4.68 Å². The van der Waals surface area contributed by atoms with Gasteiger partial charge in [-0.15, -0.1) is 0 Å². The van der Waals surface area contributed by atoms with Crippen molar-refractivity contribution in [3.63, 3.8) is 0 Å². The summed E-state index contributed by atoms with van der Waals surface area (Å²) in [6.45, 7) is 10.7. The van der Waals surface area contributed by atoms with Crippen molar-refractivity contribution >= 4 is 0 Å². The number of hydrogen-bond donors (Lipinski definition) is 1. The van der Waals surface area contributed by atoms with Crippen molar-refractivity contribution in [3.8, 4) is 5.69 Å². The van der Waals surface area contributed by atoms with Crippen LogP contribution < -0.4 is 5.32 Å². The van der Waals surface area contributed by atoms with Crippen molar-refractivity contribution in [2.75, 3.05) is 19.6 Å². The van der Waals surface area contributed by atoms with E-state index in [0.29, 0.717) is 6.04 Å². The predicted molar refractivity (Wildman–Crippen MR) is 87.7 cm³/mol. The molecule has 0 saturated carbocycles. The first-order valence-corrected chi connectivity index (χ1v) is 7.78. The molecule has 1 atom stereocenters. The van der Waals surface area contributed by atoms with Crippen molar-refractivity contribution in [2.24, 2.45) is 0 Å². The molecule has 0 spiro atoms. The van der Waals surface area contributed by atoms with Crippen molar-refractivity contribution in [2.45, 2.75) is 33.4 Å². The highest BCUT2D eigenvalue weighted by Crippen LogP contribution is 2.06. The summed E-state index contributed by atoms with van der Waals surface area (Å²) in [5.74, 6) is 0. The molecular formula is C17H26N4. The summed E-state index contributed by atoms with van der Waals surface area (Å²) < 4.78 is 1.92. The van der Waals surface area contributed by atoms with Crippen molar-refractivity contribution < 1.29 is 0 Å². The zero-order chi connectivity index (χ0) is 15.1. The normalized spacial score (nSPS) is 12.8. The molecule has 2 rings (SSSR count). The van der Waals surface area contributed by atoms with Gasteiger partial charge >= 0.3 is 0 Å². The molecule has 1 aromatic heterocycles. The van der Waals surface area contributed by atoms with Crippen LogP contribution in [0.2, 0.25) is 0 Å². The Labute approximate surface area is 127 Å². The summed E-state index contributed by atoms with van der Waals surface area (Å²) in [7, 11) is 0. The van der Waals surface area contributed by atoms with Gasteiger partial charge in [-0.05, 0) is 38.2 Å². The number of aromatic nitrogens is 2. The minimum Gasteiger partial charge on any atom is -0.307 e. The lowest BCUT2D eigenvalue weighted by Gasteiger charge is -2.23. The molecule has 2 aromatic rings. The Bertz CT molecular complexity index is 517. The predicted octanol–water partition coefficient (Wildman–Crippen LogP) is 2.69. The first-order valence-electron chi connectivity index (χ1n) is 7.78. The first kappa shape index (κ1) is 15.7. The molecule has 0 aliphatic heterocycles. The highest BCUT2D eigenvalue weighted by Gasteiger charge is 2.07. The van der Waals surface area contributed by atoms with Crippen LogP contribution in [-0.2, 0) is 6.54 Å². The van der Waals surface area contributed by atoms with Crippen LogP contribution in [0.5, 0.6) is 0 Å². The molecule has 0 radical (unpaired) electrons. The van der Waals surface area contributed by atoms with Crippen molar-refractivity contribution in [3.05, 3.63) is 48.3 Å². The molecule has 1 unspecified atom stereocenters. The first-order chi connectivity index (χ1) is 10.2. The largest absolute Gasteiger partial charge is 0.307 e. The van der Waals surface area contributed by atoms with E-state index in [1.54, 1.807) is 0 Å². The second-order valence-corrected chi connectivity index (χ2v) is 5.35. The van der Waals surface area contributed by atoms with Gasteiger partial charge in [0.05, 0.1) is 11.4 Å². The van der Waals surface area contributed by atoms with E-state index in [9.17, 15) is 0 Å². The molecule has 114 valence electrons. The molecule has 0 fully saturated rings. The lowest BCUT2D eigenvalue weighted by atomic mass is 10.3. The molecule has 0 aliphatic carbocycles. The molecule has 4 nitrogen and oxygen atoms in total. The fourth-order valence-electron chi connectivity index (χ4n) is 2.39. The summed E-state index contributed by atoms with van der Waals surface area (Å²) >= 11 is 0. The third-order valence-electron chi connectivity index (χ3n) is 3.72. The number of nitrogens with zero attached hydrogens (tertiary/aromatic N) is 3. The maximum absolute atomic E-state index is 4.61. The Balaban J connectivity index is 1.86. The second-order valence-electron chi connectivity index (χ2n) is 5.35. The van der Waals surface area contributed by atoms with Crippen LogP contribution in [0.15, 0.2) is 42.6 Å². The number of para-hydroxylation sites is 1. The van der Waals surface area contributed by atoms with Crippen LogP contribution in [0.3, 0.4) is 0 Å². The van der Waals surface area contributed by atoms with E-state index in [4.69, 9.17) is 0 Å². The van der Waals surface area contributed by atoms with Crippen LogP contribution in [0.4, 0.5) is 0 Å². The van der Waals surface area contributed by atoms with Crippen molar-refractivity contribution in [1.29, 1.82) is 0 Å². The fourth-order valence-corrected chi connectivity index (χ4v) is 2.39. The second kappa shape index (κ2) is 7.96. The Kier molecular flexibility index (Phi) is 5.96. The number of nitrogens with one attached hydrogen (secondary N) is 1. The lowest BCUT2D eigenvalue weighted by molar-refractivity contribution is 0.270. The minimum absolute atomic E-state index is 0.465. The lowest BCUT2D eigenvalue weighted by Crippen LogP contribution is -2.38. The fraction of sp³-hybridized carbons (Fsp3) is 0.471. The van der Waals surface area contributed by atoms with Crippen LogP contribution in [0.25, 0.3) is 5.69 Å². The van der Waals surface area contributed by atoms with Crippen molar-refractivity contribution in [1.82, 2.24) is 20.0 Å². The molecule has 0 saturated heterocycles. The number of hydrogen-bond acceptors (Lipinski definition) is 3. The maximum atomic E-state index is 4.61. The highest BCUT2D eigenvalue weighted by molar-refractivity contribution is 5.30.